The summed E-state index contributed by atoms with van der Waals surface area (Å²) in [6.45, 7) is 5.19. The second-order valence-electron chi connectivity index (χ2n) is 15.6. The van der Waals surface area contributed by atoms with Crippen molar-refractivity contribution in [2.45, 2.75) is 54.7 Å². The van der Waals surface area contributed by atoms with Crippen LogP contribution in [-0.2, 0) is 19.1 Å². The standard InChI is InChI=1S/C53H49N3O4S2/c1-37(57)59-31-13-29-54-47-33-41-15-9-11-17-43(41)35-49(47)61-51(54)27-25-39-23-24-40(53(39)56(45-19-5-3-6-20-45)46-21-7-4-8-22-46)26-28-52-55(30-14-32-60-38(2)58)48-34-42-16-10-12-18-44(42)36-50(48)62-52/h3-12,15-22,25-28,33-36,51H,13-14,23-24,29-32H2,1-2H3. The Bertz CT molecular complexity index is 2710. The first-order valence-corrected chi connectivity index (χ1v) is 23.0. The first-order valence-electron chi connectivity index (χ1n) is 21.3. The zero-order chi connectivity index (χ0) is 42.4. The van der Waals surface area contributed by atoms with Gasteiger partial charge in [-0.2, -0.15) is 0 Å². The van der Waals surface area contributed by atoms with Crippen LogP contribution in [-0.4, -0.2) is 43.6 Å². The summed E-state index contributed by atoms with van der Waals surface area (Å²) in [7, 11) is 0. The van der Waals surface area contributed by atoms with E-state index in [4.69, 9.17) is 9.47 Å². The molecule has 0 N–H and O–H groups in total. The SMILES string of the molecule is CC(=O)OCCCN1C(=CC=C2CCC(C=CC3Sc4cc5ccccc5cc4N3CCCOC(C)=O)=C2N(c2ccccc2)c2ccccc2)Sc2cc3ccccc3cc21. The molecule has 9 rings (SSSR count). The number of hydrogen-bond acceptors (Lipinski definition) is 9. The molecule has 0 bridgehead atoms. The fourth-order valence-electron chi connectivity index (χ4n) is 8.53. The highest BCUT2D eigenvalue weighted by Gasteiger charge is 2.31. The number of nitrogens with zero attached hydrogens (tertiary/aromatic N) is 3. The molecule has 9 heteroatoms. The minimum absolute atomic E-state index is 0.0642. The van der Waals surface area contributed by atoms with Crippen molar-refractivity contribution in [1.82, 2.24) is 0 Å². The monoisotopic (exact) mass is 855 g/mol. The topological polar surface area (TPSA) is 62.3 Å². The van der Waals surface area contributed by atoms with Gasteiger partial charge in [0.1, 0.15) is 0 Å². The van der Waals surface area contributed by atoms with Crippen LogP contribution in [0.3, 0.4) is 0 Å². The van der Waals surface area contributed by atoms with Crippen LogP contribution in [0.2, 0.25) is 0 Å². The zero-order valence-electron chi connectivity index (χ0n) is 35.0. The van der Waals surface area contributed by atoms with Gasteiger partial charge >= 0.3 is 11.9 Å². The largest absolute Gasteiger partial charge is 0.466 e. The molecule has 62 heavy (non-hydrogen) atoms. The van der Waals surface area contributed by atoms with Gasteiger partial charge in [-0.1, -0.05) is 127 Å². The normalized spacial score (nSPS) is 17.2. The molecule has 7 nitrogen and oxygen atoms in total. The second kappa shape index (κ2) is 18.8. The molecule has 2 heterocycles. The van der Waals surface area contributed by atoms with E-state index in [1.165, 1.54) is 73.4 Å². The Morgan fingerprint density at radius 2 is 1.21 bits per heavy atom. The van der Waals surface area contributed by atoms with Gasteiger partial charge in [0.2, 0.25) is 0 Å². The summed E-state index contributed by atoms with van der Waals surface area (Å²) >= 11 is 3.67. The average Bonchev–Trinajstić information content (AvgIpc) is 3.96. The van der Waals surface area contributed by atoms with Crippen molar-refractivity contribution in [3.63, 3.8) is 0 Å². The molecular formula is C53H49N3O4S2. The van der Waals surface area contributed by atoms with E-state index >= 15 is 0 Å². The van der Waals surface area contributed by atoms with E-state index in [1.54, 1.807) is 11.8 Å². The minimum atomic E-state index is -0.254. The Morgan fingerprint density at radius 3 is 1.82 bits per heavy atom. The number of ether oxygens (including phenoxy) is 2. The molecule has 0 fully saturated rings. The van der Waals surface area contributed by atoms with Crippen molar-refractivity contribution in [1.29, 1.82) is 0 Å². The molecule has 312 valence electrons. The third-order valence-electron chi connectivity index (χ3n) is 11.4. The number of benzene rings is 6. The Morgan fingerprint density at radius 1 is 0.661 bits per heavy atom. The van der Waals surface area contributed by atoms with Gasteiger partial charge in [-0.3, -0.25) is 9.59 Å². The first-order chi connectivity index (χ1) is 30.4. The number of fused-ring (bicyclic) bond motifs is 4. The molecular weight excluding hydrogens is 807 g/mol. The van der Waals surface area contributed by atoms with Crippen LogP contribution >= 0.6 is 23.5 Å². The van der Waals surface area contributed by atoms with E-state index in [2.05, 4.69) is 172 Å². The third-order valence-corrected chi connectivity index (χ3v) is 13.7. The van der Waals surface area contributed by atoms with Gasteiger partial charge in [0.25, 0.3) is 0 Å². The molecule has 0 amide bonds. The van der Waals surface area contributed by atoms with Crippen LogP contribution < -0.4 is 14.7 Å². The van der Waals surface area contributed by atoms with E-state index in [9.17, 15) is 9.59 Å². The summed E-state index contributed by atoms with van der Waals surface area (Å²) in [6, 6.07) is 47.6. The summed E-state index contributed by atoms with van der Waals surface area (Å²) in [5.41, 5.74) is 8.33. The van der Waals surface area contributed by atoms with Crippen LogP contribution in [0.5, 0.6) is 0 Å². The Hall–Kier alpha value is -6.16. The van der Waals surface area contributed by atoms with Crippen molar-refractivity contribution in [2.75, 3.05) is 41.0 Å². The molecule has 1 atom stereocenters. The maximum Gasteiger partial charge on any atom is 0.302 e. The van der Waals surface area contributed by atoms with Crippen molar-refractivity contribution in [3.05, 3.63) is 180 Å². The summed E-state index contributed by atoms with van der Waals surface area (Å²) in [4.78, 5) is 33.0. The number of esters is 2. The van der Waals surface area contributed by atoms with Gasteiger partial charge in [0.15, 0.2) is 0 Å². The maximum absolute atomic E-state index is 11.6. The molecule has 6 aromatic carbocycles. The quantitative estimate of drug-likeness (QED) is 0.0787. The number of hydrogen-bond donors (Lipinski definition) is 0. The predicted molar refractivity (Wildman–Crippen MR) is 257 cm³/mol. The van der Waals surface area contributed by atoms with Gasteiger partial charge in [0.05, 0.1) is 40.7 Å². The summed E-state index contributed by atoms with van der Waals surface area (Å²) in [5, 5.41) is 6.08. The number of carbonyl (C=O) groups is 2. The van der Waals surface area contributed by atoms with E-state index < -0.39 is 0 Å². The summed E-state index contributed by atoms with van der Waals surface area (Å²) in [6.07, 6.45) is 12.6. The highest BCUT2D eigenvalue weighted by atomic mass is 32.2. The highest BCUT2D eigenvalue weighted by molar-refractivity contribution is 8.03. The lowest BCUT2D eigenvalue weighted by atomic mass is 10.1. The van der Waals surface area contributed by atoms with Crippen LogP contribution in [0.15, 0.2) is 189 Å². The van der Waals surface area contributed by atoms with Crippen LogP contribution in [0.25, 0.3) is 21.5 Å². The van der Waals surface area contributed by atoms with Gasteiger partial charge in [-0.25, -0.2) is 0 Å². The second-order valence-corrected chi connectivity index (χ2v) is 17.8. The molecule has 2 aliphatic heterocycles. The van der Waals surface area contributed by atoms with Gasteiger partial charge in [0, 0.05) is 48.1 Å². The smallest absolute Gasteiger partial charge is 0.302 e. The molecule has 6 aromatic rings. The molecule has 0 saturated heterocycles. The molecule has 0 spiro atoms. The van der Waals surface area contributed by atoms with Crippen molar-refractivity contribution in [2.24, 2.45) is 0 Å². The number of allylic oxidation sites excluding steroid dienone is 5. The maximum atomic E-state index is 11.6. The fraction of sp³-hybridized carbons (Fsp3) is 0.208. The Labute approximate surface area is 372 Å². The van der Waals surface area contributed by atoms with Crippen LogP contribution in [0.4, 0.5) is 22.7 Å². The van der Waals surface area contributed by atoms with Gasteiger partial charge in [-0.05, 0) is 113 Å². The Kier molecular flexibility index (Phi) is 12.5. The first kappa shape index (κ1) is 41.2. The fourth-order valence-corrected chi connectivity index (χ4v) is 10.9. The van der Waals surface area contributed by atoms with E-state index in [0.717, 1.165) is 55.2 Å². The number of rotatable bonds is 14. The predicted octanol–water partition coefficient (Wildman–Crippen LogP) is 13.0. The number of carbonyl (C=O) groups excluding carboxylic acids is 2. The molecule has 0 aromatic heterocycles. The minimum Gasteiger partial charge on any atom is -0.466 e. The lowest BCUT2D eigenvalue weighted by molar-refractivity contribution is -0.141. The highest BCUT2D eigenvalue weighted by Crippen LogP contribution is 2.50. The van der Waals surface area contributed by atoms with Crippen molar-refractivity contribution < 1.29 is 19.1 Å². The number of anilines is 4. The van der Waals surface area contributed by atoms with Gasteiger partial charge < -0.3 is 24.2 Å². The van der Waals surface area contributed by atoms with Crippen LogP contribution in [0.1, 0.15) is 39.5 Å². The molecule has 0 saturated carbocycles. The van der Waals surface area contributed by atoms with E-state index in [0.29, 0.717) is 13.2 Å². The summed E-state index contributed by atoms with van der Waals surface area (Å²) in [5.74, 6) is -0.502. The third kappa shape index (κ3) is 9.06. The number of thioether (sulfide) groups is 2. The average molecular weight is 856 g/mol. The molecule has 0 radical (unpaired) electrons. The molecule has 3 aliphatic rings. The van der Waals surface area contributed by atoms with Gasteiger partial charge in [-0.15, -0.1) is 0 Å². The van der Waals surface area contributed by atoms with Crippen molar-refractivity contribution in [3.8, 4) is 0 Å². The lowest BCUT2D eigenvalue weighted by Gasteiger charge is -2.29. The van der Waals surface area contributed by atoms with Crippen molar-refractivity contribution >= 4 is 79.8 Å². The van der Waals surface area contributed by atoms with E-state index in [-0.39, 0.29) is 17.3 Å². The zero-order valence-corrected chi connectivity index (χ0v) is 36.7. The van der Waals surface area contributed by atoms with Crippen LogP contribution in [0, 0.1) is 0 Å². The molecule has 1 unspecified atom stereocenters. The summed E-state index contributed by atoms with van der Waals surface area (Å²) < 4.78 is 10.7. The lowest BCUT2D eigenvalue weighted by Crippen LogP contribution is -2.29. The Balaban J connectivity index is 1.11. The van der Waals surface area contributed by atoms with E-state index in [1.807, 2.05) is 11.8 Å². The number of para-hydroxylation sites is 2. The molecule has 1 aliphatic carbocycles.